The average Bonchev–Trinajstić information content (AvgIpc) is 3.68. The lowest BCUT2D eigenvalue weighted by molar-refractivity contribution is 0.481. The van der Waals surface area contributed by atoms with E-state index in [1.807, 2.05) is 41.4 Å². The molecule has 7 rings (SSSR count). The highest BCUT2D eigenvalue weighted by Crippen LogP contribution is 2.39. The molecule has 1 aliphatic rings. The van der Waals surface area contributed by atoms with Gasteiger partial charge in [0.15, 0.2) is 0 Å². The molecule has 45 heavy (non-hydrogen) atoms. The van der Waals surface area contributed by atoms with Gasteiger partial charge in [0.2, 0.25) is 0 Å². The smallest absolute Gasteiger partial charge is 0.138 e. The molecule has 0 fully saturated rings. The van der Waals surface area contributed by atoms with E-state index < -0.39 is 6.98 Å². The van der Waals surface area contributed by atoms with Gasteiger partial charge in [-0.1, -0.05) is 64.1 Å². The third-order valence-corrected chi connectivity index (χ3v) is 8.70. The SMILES string of the molecule is [2H]C([2H])([2H])N1C=CN(c2cccc(Oc3ccc4c5ccccc5n(-c5cc(-c6c(C)cc(C(C)C)cc6C(C)C)ccn5)c4c3)c2)C1. The second kappa shape index (κ2) is 11.5. The Labute approximate surface area is 270 Å². The highest BCUT2D eigenvalue weighted by Gasteiger charge is 2.18. The van der Waals surface area contributed by atoms with Crippen LogP contribution in [0.2, 0.25) is 0 Å². The van der Waals surface area contributed by atoms with E-state index in [0.717, 1.165) is 38.9 Å². The van der Waals surface area contributed by atoms with Crippen LogP contribution >= 0.6 is 0 Å². The topological polar surface area (TPSA) is 33.5 Å². The summed E-state index contributed by atoms with van der Waals surface area (Å²) in [4.78, 5) is 8.14. The molecule has 0 aliphatic carbocycles. The molecule has 0 N–H and O–H groups in total. The van der Waals surface area contributed by atoms with Gasteiger partial charge in [0.05, 0.1) is 17.7 Å². The van der Waals surface area contributed by atoms with Crippen LogP contribution in [0, 0.1) is 6.92 Å². The van der Waals surface area contributed by atoms with Crippen molar-refractivity contribution in [1.82, 2.24) is 14.5 Å². The van der Waals surface area contributed by atoms with E-state index in [9.17, 15) is 0 Å². The summed E-state index contributed by atoms with van der Waals surface area (Å²) in [5.74, 6) is 3.05. The van der Waals surface area contributed by atoms with Crippen molar-refractivity contribution >= 4 is 27.5 Å². The van der Waals surface area contributed by atoms with E-state index >= 15 is 0 Å². The molecule has 0 spiro atoms. The van der Waals surface area contributed by atoms with Crippen LogP contribution < -0.4 is 9.64 Å². The second-order valence-corrected chi connectivity index (χ2v) is 12.5. The molecule has 1 aliphatic heterocycles. The van der Waals surface area contributed by atoms with E-state index in [2.05, 4.69) is 99.8 Å². The number of ether oxygens (including phenoxy) is 1. The van der Waals surface area contributed by atoms with Gasteiger partial charge < -0.3 is 14.5 Å². The maximum Gasteiger partial charge on any atom is 0.138 e. The lowest BCUT2D eigenvalue weighted by atomic mass is 9.85. The summed E-state index contributed by atoms with van der Waals surface area (Å²) in [7, 11) is 0. The number of rotatable bonds is 7. The molecule has 226 valence electrons. The number of hydrogen-bond donors (Lipinski definition) is 0. The van der Waals surface area contributed by atoms with Crippen molar-refractivity contribution in [2.75, 3.05) is 18.5 Å². The maximum absolute atomic E-state index is 7.72. The van der Waals surface area contributed by atoms with Gasteiger partial charge in [0, 0.05) is 58.3 Å². The van der Waals surface area contributed by atoms with Gasteiger partial charge in [-0.25, -0.2) is 4.98 Å². The molecule has 5 heteroatoms. The van der Waals surface area contributed by atoms with Crippen molar-refractivity contribution in [2.45, 2.75) is 46.5 Å². The molecular weight excluding hydrogens is 552 g/mol. The predicted molar refractivity (Wildman–Crippen MR) is 188 cm³/mol. The second-order valence-electron chi connectivity index (χ2n) is 12.5. The molecule has 5 nitrogen and oxygen atoms in total. The average molecular weight is 596 g/mol. The largest absolute Gasteiger partial charge is 0.457 e. The van der Waals surface area contributed by atoms with Crippen LogP contribution in [0.5, 0.6) is 11.5 Å². The minimum atomic E-state index is -2.18. The van der Waals surface area contributed by atoms with E-state index in [4.69, 9.17) is 13.8 Å². The van der Waals surface area contributed by atoms with Gasteiger partial charge in [-0.2, -0.15) is 0 Å². The Hall–Kier alpha value is -5.03. The van der Waals surface area contributed by atoms with Crippen molar-refractivity contribution in [1.29, 1.82) is 0 Å². The third kappa shape index (κ3) is 5.33. The Morgan fingerprint density at radius 2 is 1.60 bits per heavy atom. The molecule has 0 amide bonds. The molecule has 4 aromatic carbocycles. The van der Waals surface area contributed by atoms with Crippen LogP contribution in [0.25, 0.3) is 38.8 Å². The molecule has 6 aromatic rings. The number of aryl methyl sites for hydroxylation is 1. The van der Waals surface area contributed by atoms with Crippen LogP contribution in [-0.4, -0.2) is 28.1 Å². The molecule has 0 atom stereocenters. The first kappa shape index (κ1) is 25.3. The molecule has 2 aromatic heterocycles. The van der Waals surface area contributed by atoms with E-state index in [-0.39, 0.29) is 6.67 Å². The number of pyridine rings is 1. The van der Waals surface area contributed by atoms with Crippen molar-refractivity contribution in [3.8, 4) is 28.4 Å². The molecular formula is C40H40N4O. The summed E-state index contributed by atoms with van der Waals surface area (Å²) in [5, 5.41) is 2.26. The van der Waals surface area contributed by atoms with Crippen LogP contribution in [0.15, 0.2) is 110 Å². The van der Waals surface area contributed by atoms with E-state index in [1.165, 1.54) is 27.2 Å². The summed E-state index contributed by atoms with van der Waals surface area (Å²) in [6, 6.07) is 31.3. The summed E-state index contributed by atoms with van der Waals surface area (Å²) in [6.07, 6.45) is 5.29. The monoisotopic (exact) mass is 595 g/mol. The highest BCUT2D eigenvalue weighted by molar-refractivity contribution is 6.09. The molecule has 3 heterocycles. The van der Waals surface area contributed by atoms with Gasteiger partial charge in [-0.3, -0.25) is 4.57 Å². The van der Waals surface area contributed by atoms with Crippen LogP contribution in [0.4, 0.5) is 5.69 Å². The summed E-state index contributed by atoms with van der Waals surface area (Å²) in [5.41, 5.74) is 9.35. The fraction of sp³-hybridized carbons (Fsp3) is 0.225. The van der Waals surface area contributed by atoms with Gasteiger partial charge in [0.1, 0.15) is 17.3 Å². The quantitative estimate of drug-likeness (QED) is 0.184. The number of hydrogen-bond acceptors (Lipinski definition) is 4. The molecule has 0 unspecified atom stereocenters. The number of nitrogens with zero attached hydrogens (tertiary/aromatic N) is 4. The number of aromatic nitrogens is 2. The van der Waals surface area contributed by atoms with Crippen molar-refractivity contribution in [2.24, 2.45) is 0 Å². The summed E-state index contributed by atoms with van der Waals surface area (Å²) in [6.45, 7) is 9.31. The zero-order valence-electron chi connectivity index (χ0n) is 29.5. The Balaban J connectivity index is 1.29. The van der Waals surface area contributed by atoms with Crippen molar-refractivity contribution < 1.29 is 8.85 Å². The molecule has 0 bridgehead atoms. The van der Waals surface area contributed by atoms with Crippen LogP contribution in [0.1, 0.15) is 60.3 Å². The number of fused-ring (bicyclic) bond motifs is 3. The Morgan fingerprint density at radius 3 is 2.40 bits per heavy atom. The minimum absolute atomic E-state index is 0.248. The number of benzene rings is 4. The lowest BCUT2D eigenvalue weighted by Crippen LogP contribution is -2.21. The Morgan fingerprint density at radius 1 is 0.778 bits per heavy atom. The number of anilines is 1. The Kier molecular flexibility index (Phi) is 6.46. The summed E-state index contributed by atoms with van der Waals surface area (Å²) < 4.78 is 31.8. The maximum atomic E-state index is 7.72. The van der Waals surface area contributed by atoms with Gasteiger partial charge >= 0.3 is 0 Å². The first-order valence-electron chi connectivity index (χ1n) is 17.1. The first-order valence-corrected chi connectivity index (χ1v) is 15.6. The van der Waals surface area contributed by atoms with Gasteiger partial charge in [-0.05, 0) is 89.0 Å². The zero-order chi connectivity index (χ0) is 33.7. The normalized spacial score (nSPS) is 14.5. The number of para-hydroxylation sites is 1. The van der Waals surface area contributed by atoms with Gasteiger partial charge in [0.25, 0.3) is 0 Å². The first-order chi connectivity index (χ1) is 23.0. The zero-order valence-corrected chi connectivity index (χ0v) is 26.5. The minimum Gasteiger partial charge on any atom is -0.457 e. The lowest BCUT2D eigenvalue weighted by Gasteiger charge is -2.20. The van der Waals surface area contributed by atoms with E-state index in [0.29, 0.717) is 23.3 Å². The fourth-order valence-electron chi connectivity index (χ4n) is 6.43. The molecule has 0 saturated heterocycles. The third-order valence-electron chi connectivity index (χ3n) is 8.70. The van der Waals surface area contributed by atoms with E-state index in [1.54, 1.807) is 12.4 Å². The summed E-state index contributed by atoms with van der Waals surface area (Å²) >= 11 is 0. The van der Waals surface area contributed by atoms with Gasteiger partial charge in [-0.15, -0.1) is 0 Å². The van der Waals surface area contributed by atoms with Crippen molar-refractivity contribution in [3.05, 3.63) is 126 Å². The highest BCUT2D eigenvalue weighted by atomic mass is 16.5. The molecule has 0 saturated carbocycles. The fourth-order valence-corrected chi connectivity index (χ4v) is 6.43. The predicted octanol–water partition coefficient (Wildman–Crippen LogP) is 10.4. The standard InChI is InChI=1S/C40H40N4O/c1-26(2)30-20-28(5)40(36(21-30)27(3)4)29-16-17-41-39(22-29)44-37-13-8-7-12-34(37)35-15-14-33(24-38(35)44)45-32-11-9-10-31(23-32)43-19-18-42(6)25-43/h7-24,26-27H,25H2,1-6H3/i6D3. The van der Waals surface area contributed by atoms with Crippen LogP contribution in [-0.2, 0) is 0 Å². The van der Waals surface area contributed by atoms with Crippen LogP contribution in [0.3, 0.4) is 0 Å². The Bertz CT molecular complexity index is 2180. The molecule has 0 radical (unpaired) electrons. The van der Waals surface area contributed by atoms with Crippen molar-refractivity contribution in [3.63, 3.8) is 0 Å².